The van der Waals surface area contributed by atoms with Gasteiger partial charge < -0.3 is 14.8 Å². The molecule has 1 aliphatic rings. The van der Waals surface area contributed by atoms with Gasteiger partial charge in [0.05, 0.1) is 25.3 Å². The topological polar surface area (TPSA) is 47.6 Å². The van der Waals surface area contributed by atoms with E-state index in [1.165, 1.54) is 6.07 Å². The Labute approximate surface area is 147 Å². The number of benzene rings is 2. The number of nitrogens with one attached hydrogen (secondary N) is 1. The normalized spacial score (nSPS) is 15.6. The molecule has 132 valence electrons. The molecule has 3 rings (SSSR count). The van der Waals surface area contributed by atoms with Crippen molar-refractivity contribution < 1.29 is 18.7 Å². The van der Waals surface area contributed by atoms with Crippen LogP contribution in [0.2, 0.25) is 0 Å². The Hall–Kier alpha value is -2.56. The van der Waals surface area contributed by atoms with Crippen LogP contribution in [0.5, 0.6) is 11.5 Å². The van der Waals surface area contributed by atoms with Crippen molar-refractivity contribution in [2.45, 2.75) is 31.1 Å². The third-order valence-electron chi connectivity index (χ3n) is 4.94. The van der Waals surface area contributed by atoms with Crippen LogP contribution < -0.4 is 14.8 Å². The lowest BCUT2D eigenvalue weighted by atomic mass is 9.77. The quantitative estimate of drug-likeness (QED) is 0.881. The minimum Gasteiger partial charge on any atom is -0.497 e. The second-order valence-electron chi connectivity index (χ2n) is 6.29. The van der Waals surface area contributed by atoms with E-state index in [1.54, 1.807) is 50.6 Å². The Morgan fingerprint density at radius 1 is 1.08 bits per heavy atom. The molecule has 0 heterocycles. The maximum atomic E-state index is 14.4. The Balaban J connectivity index is 1.97. The third-order valence-corrected chi connectivity index (χ3v) is 4.94. The van der Waals surface area contributed by atoms with Crippen molar-refractivity contribution in [3.05, 3.63) is 53.8 Å². The molecule has 0 spiro atoms. The first kappa shape index (κ1) is 17.3. The molecule has 0 radical (unpaired) electrons. The molecule has 4 nitrogen and oxygen atoms in total. The van der Waals surface area contributed by atoms with Crippen LogP contribution in [0.1, 0.15) is 31.2 Å². The van der Waals surface area contributed by atoms with Crippen molar-refractivity contribution in [2.75, 3.05) is 19.5 Å². The summed E-state index contributed by atoms with van der Waals surface area (Å²) in [6.45, 7) is 0. The Kier molecular flexibility index (Phi) is 4.93. The van der Waals surface area contributed by atoms with Crippen LogP contribution in [0.3, 0.4) is 0 Å². The summed E-state index contributed by atoms with van der Waals surface area (Å²) in [5, 5.41) is 2.93. The lowest BCUT2D eigenvalue weighted by Crippen LogP contribution is -2.38. The highest BCUT2D eigenvalue weighted by atomic mass is 19.1. The van der Waals surface area contributed by atoms with Crippen molar-refractivity contribution in [2.24, 2.45) is 0 Å². The van der Waals surface area contributed by atoms with Gasteiger partial charge in [-0.1, -0.05) is 31.0 Å². The zero-order valence-corrected chi connectivity index (χ0v) is 14.5. The maximum Gasteiger partial charge on any atom is 0.235 e. The van der Waals surface area contributed by atoms with Gasteiger partial charge in [0.25, 0.3) is 0 Å². The van der Waals surface area contributed by atoms with Gasteiger partial charge in [0.15, 0.2) is 0 Å². The molecule has 1 fully saturated rings. The molecule has 1 amide bonds. The highest BCUT2D eigenvalue weighted by Crippen LogP contribution is 2.43. The molecule has 25 heavy (non-hydrogen) atoms. The largest absolute Gasteiger partial charge is 0.497 e. The summed E-state index contributed by atoms with van der Waals surface area (Å²) in [5.74, 6) is 0.608. The van der Waals surface area contributed by atoms with E-state index in [0.29, 0.717) is 35.6 Å². The van der Waals surface area contributed by atoms with Crippen LogP contribution >= 0.6 is 0 Å². The van der Waals surface area contributed by atoms with E-state index >= 15 is 0 Å². The minimum atomic E-state index is -0.848. The van der Waals surface area contributed by atoms with Gasteiger partial charge in [-0.05, 0) is 31.0 Å². The average Bonchev–Trinajstić information content (AvgIpc) is 3.13. The number of carbonyl (C=O) groups is 1. The van der Waals surface area contributed by atoms with Crippen molar-refractivity contribution in [1.82, 2.24) is 0 Å². The van der Waals surface area contributed by atoms with E-state index in [2.05, 4.69) is 5.32 Å². The molecule has 0 bridgehead atoms. The summed E-state index contributed by atoms with van der Waals surface area (Å²) in [4.78, 5) is 13.2. The molecule has 0 unspecified atom stereocenters. The molecule has 2 aromatic rings. The monoisotopic (exact) mass is 343 g/mol. The van der Waals surface area contributed by atoms with Gasteiger partial charge in [-0.25, -0.2) is 4.39 Å². The molecular weight excluding hydrogens is 321 g/mol. The van der Waals surface area contributed by atoms with Crippen molar-refractivity contribution >= 4 is 11.6 Å². The number of hydrogen-bond acceptors (Lipinski definition) is 3. The lowest BCUT2D eigenvalue weighted by molar-refractivity contribution is -0.121. The minimum absolute atomic E-state index is 0.207. The van der Waals surface area contributed by atoms with E-state index in [4.69, 9.17) is 9.47 Å². The number of hydrogen-bond donors (Lipinski definition) is 1. The number of ether oxygens (including phenoxy) is 2. The first-order valence-electron chi connectivity index (χ1n) is 8.39. The number of amides is 1. The van der Waals surface area contributed by atoms with E-state index < -0.39 is 5.41 Å². The molecule has 1 aliphatic carbocycles. The first-order valence-corrected chi connectivity index (χ1v) is 8.39. The zero-order chi connectivity index (χ0) is 17.9. The van der Waals surface area contributed by atoms with Crippen molar-refractivity contribution in [1.29, 1.82) is 0 Å². The lowest BCUT2D eigenvalue weighted by Gasteiger charge is -2.29. The number of methoxy groups -OCH3 is 2. The molecular formula is C20H22FNO3. The summed E-state index contributed by atoms with van der Waals surface area (Å²) in [6, 6.07) is 11.7. The fraction of sp³-hybridized carbons (Fsp3) is 0.350. The van der Waals surface area contributed by atoms with Crippen molar-refractivity contribution in [3.63, 3.8) is 0 Å². The Bertz CT molecular complexity index is 769. The first-order chi connectivity index (χ1) is 12.1. The van der Waals surface area contributed by atoms with Crippen LogP contribution in [0.25, 0.3) is 0 Å². The predicted molar refractivity (Wildman–Crippen MR) is 94.7 cm³/mol. The molecule has 2 aromatic carbocycles. The van der Waals surface area contributed by atoms with Gasteiger partial charge in [-0.15, -0.1) is 0 Å². The summed E-state index contributed by atoms with van der Waals surface area (Å²) in [7, 11) is 3.10. The van der Waals surface area contributed by atoms with E-state index in [-0.39, 0.29) is 11.7 Å². The van der Waals surface area contributed by atoms with Gasteiger partial charge in [-0.3, -0.25) is 4.79 Å². The summed E-state index contributed by atoms with van der Waals surface area (Å²) < 4.78 is 25.0. The highest BCUT2D eigenvalue weighted by molar-refractivity contribution is 6.00. The zero-order valence-electron chi connectivity index (χ0n) is 14.5. The maximum absolute atomic E-state index is 14.4. The number of rotatable bonds is 5. The van der Waals surface area contributed by atoms with Crippen LogP contribution in [-0.4, -0.2) is 20.1 Å². The van der Waals surface area contributed by atoms with E-state index in [9.17, 15) is 9.18 Å². The molecule has 1 N–H and O–H groups in total. The highest BCUT2D eigenvalue weighted by Gasteiger charge is 2.44. The fourth-order valence-corrected chi connectivity index (χ4v) is 3.60. The number of halogens is 1. The molecule has 0 aliphatic heterocycles. The van der Waals surface area contributed by atoms with Gasteiger partial charge in [0.2, 0.25) is 5.91 Å². The standard InChI is InChI=1S/C20H22FNO3/c1-24-14-9-10-18(25-2)17(13-14)22-19(23)20(11-5-6-12-20)15-7-3-4-8-16(15)21/h3-4,7-10,13H,5-6,11-12H2,1-2H3,(H,22,23). The van der Waals surface area contributed by atoms with Crippen LogP contribution in [-0.2, 0) is 10.2 Å². The van der Waals surface area contributed by atoms with Crippen LogP contribution in [0.4, 0.5) is 10.1 Å². The third kappa shape index (κ3) is 3.18. The second-order valence-corrected chi connectivity index (χ2v) is 6.29. The van der Waals surface area contributed by atoms with Gasteiger partial charge in [-0.2, -0.15) is 0 Å². The van der Waals surface area contributed by atoms with Crippen LogP contribution in [0, 0.1) is 5.82 Å². The summed E-state index contributed by atoms with van der Waals surface area (Å²) in [5.41, 5.74) is 0.140. The molecule has 1 saturated carbocycles. The van der Waals surface area contributed by atoms with Crippen LogP contribution in [0.15, 0.2) is 42.5 Å². The van der Waals surface area contributed by atoms with E-state index in [0.717, 1.165) is 12.8 Å². The second kappa shape index (κ2) is 7.13. The summed E-state index contributed by atoms with van der Waals surface area (Å²) >= 11 is 0. The molecule has 5 heteroatoms. The molecule has 0 aromatic heterocycles. The average molecular weight is 343 g/mol. The predicted octanol–water partition coefficient (Wildman–Crippen LogP) is 4.29. The van der Waals surface area contributed by atoms with Crippen molar-refractivity contribution in [3.8, 4) is 11.5 Å². The Morgan fingerprint density at radius 3 is 2.44 bits per heavy atom. The summed E-state index contributed by atoms with van der Waals surface area (Å²) in [6.07, 6.45) is 3.06. The van der Waals surface area contributed by atoms with Gasteiger partial charge in [0, 0.05) is 11.6 Å². The Morgan fingerprint density at radius 2 is 1.80 bits per heavy atom. The van der Waals surface area contributed by atoms with Gasteiger partial charge >= 0.3 is 0 Å². The number of anilines is 1. The fourth-order valence-electron chi connectivity index (χ4n) is 3.60. The smallest absolute Gasteiger partial charge is 0.235 e. The molecule has 0 saturated heterocycles. The molecule has 0 atom stereocenters. The number of carbonyl (C=O) groups excluding carboxylic acids is 1. The SMILES string of the molecule is COc1ccc(OC)c(NC(=O)C2(c3ccccc3F)CCCC2)c1. The van der Waals surface area contributed by atoms with E-state index in [1.807, 2.05) is 0 Å². The van der Waals surface area contributed by atoms with Gasteiger partial charge in [0.1, 0.15) is 17.3 Å².